The van der Waals surface area contributed by atoms with E-state index in [1.54, 1.807) is 7.05 Å². The molecule has 0 saturated carbocycles. The third-order valence-electron chi connectivity index (χ3n) is 3.11. The van der Waals surface area contributed by atoms with Gasteiger partial charge < -0.3 is 10.6 Å². The highest BCUT2D eigenvalue weighted by molar-refractivity contribution is 5.94. The number of hydrogen-bond acceptors (Lipinski definition) is 3. The standard InChI is InChI=1S/C15H23N3O2/c1-4-11-7-6-8-12(5-2)15(11)18-14(20)10-17-9-13(19)16-3/h6-8,17H,4-5,9-10H2,1-3H3,(H,16,19)(H,18,20). The van der Waals surface area contributed by atoms with Crippen molar-refractivity contribution in [1.82, 2.24) is 10.6 Å². The Hall–Kier alpha value is -1.88. The van der Waals surface area contributed by atoms with Crippen molar-refractivity contribution in [1.29, 1.82) is 0 Å². The van der Waals surface area contributed by atoms with Crippen LogP contribution in [0.1, 0.15) is 25.0 Å². The Kier molecular flexibility index (Phi) is 6.73. The van der Waals surface area contributed by atoms with Gasteiger partial charge in [0.2, 0.25) is 11.8 Å². The van der Waals surface area contributed by atoms with Crippen LogP contribution >= 0.6 is 0 Å². The van der Waals surface area contributed by atoms with Crippen molar-refractivity contribution in [3.63, 3.8) is 0 Å². The van der Waals surface area contributed by atoms with E-state index in [-0.39, 0.29) is 24.9 Å². The molecule has 0 spiro atoms. The Morgan fingerprint density at radius 3 is 2.05 bits per heavy atom. The lowest BCUT2D eigenvalue weighted by Gasteiger charge is -2.14. The second-order valence-electron chi connectivity index (χ2n) is 4.48. The minimum atomic E-state index is -0.138. The smallest absolute Gasteiger partial charge is 0.238 e. The minimum absolute atomic E-state index is 0.120. The van der Waals surface area contributed by atoms with Crippen molar-refractivity contribution in [2.75, 3.05) is 25.5 Å². The molecule has 0 unspecified atom stereocenters. The molecular weight excluding hydrogens is 254 g/mol. The third-order valence-corrected chi connectivity index (χ3v) is 3.11. The maximum absolute atomic E-state index is 11.9. The predicted octanol–water partition coefficient (Wildman–Crippen LogP) is 1.09. The van der Waals surface area contributed by atoms with E-state index in [9.17, 15) is 9.59 Å². The third kappa shape index (κ3) is 4.66. The molecule has 0 fully saturated rings. The van der Waals surface area contributed by atoms with Gasteiger partial charge in [-0.25, -0.2) is 0 Å². The highest BCUT2D eigenvalue weighted by Crippen LogP contribution is 2.22. The number of para-hydroxylation sites is 1. The molecule has 0 aliphatic heterocycles. The lowest BCUT2D eigenvalue weighted by molar-refractivity contribution is -0.119. The first-order valence-corrected chi connectivity index (χ1v) is 6.94. The van der Waals surface area contributed by atoms with E-state index < -0.39 is 0 Å². The quantitative estimate of drug-likeness (QED) is 0.698. The van der Waals surface area contributed by atoms with Crippen LogP contribution in [0, 0.1) is 0 Å². The zero-order valence-electron chi connectivity index (χ0n) is 12.4. The van der Waals surface area contributed by atoms with Gasteiger partial charge in [0.05, 0.1) is 13.1 Å². The maximum Gasteiger partial charge on any atom is 0.238 e. The van der Waals surface area contributed by atoms with Crippen molar-refractivity contribution < 1.29 is 9.59 Å². The monoisotopic (exact) mass is 277 g/mol. The number of nitrogens with one attached hydrogen (secondary N) is 3. The van der Waals surface area contributed by atoms with Crippen LogP contribution in [0.15, 0.2) is 18.2 Å². The molecule has 1 aromatic carbocycles. The van der Waals surface area contributed by atoms with E-state index >= 15 is 0 Å². The zero-order valence-corrected chi connectivity index (χ0v) is 12.4. The molecule has 2 amide bonds. The van der Waals surface area contributed by atoms with Crippen molar-refractivity contribution in [2.45, 2.75) is 26.7 Å². The Morgan fingerprint density at radius 1 is 1.00 bits per heavy atom. The molecule has 0 bridgehead atoms. The Labute approximate surface area is 120 Å². The van der Waals surface area contributed by atoms with Crippen LogP contribution < -0.4 is 16.0 Å². The van der Waals surface area contributed by atoms with Gasteiger partial charge in [-0.05, 0) is 24.0 Å². The van der Waals surface area contributed by atoms with E-state index in [0.717, 1.165) is 29.7 Å². The SMILES string of the molecule is CCc1cccc(CC)c1NC(=O)CNCC(=O)NC. The second kappa shape index (κ2) is 8.32. The average molecular weight is 277 g/mol. The van der Waals surface area contributed by atoms with Crippen molar-refractivity contribution in [3.05, 3.63) is 29.3 Å². The molecule has 110 valence electrons. The van der Waals surface area contributed by atoms with Crippen LogP contribution in [0.2, 0.25) is 0 Å². The number of likely N-dealkylation sites (N-methyl/N-ethyl adjacent to an activating group) is 1. The summed E-state index contributed by atoms with van der Waals surface area (Å²) in [7, 11) is 1.56. The van der Waals surface area contributed by atoms with Gasteiger partial charge >= 0.3 is 0 Å². The first kappa shape index (κ1) is 16.2. The molecule has 1 aromatic rings. The van der Waals surface area contributed by atoms with Gasteiger partial charge in [-0.15, -0.1) is 0 Å². The summed E-state index contributed by atoms with van der Waals surface area (Å²) < 4.78 is 0. The molecular formula is C15H23N3O2. The summed E-state index contributed by atoms with van der Waals surface area (Å²) in [5.74, 6) is -0.273. The number of rotatable bonds is 7. The van der Waals surface area contributed by atoms with Crippen LogP contribution in [0.3, 0.4) is 0 Å². The summed E-state index contributed by atoms with van der Waals surface area (Å²) in [5.41, 5.74) is 3.16. The first-order valence-electron chi connectivity index (χ1n) is 6.94. The van der Waals surface area contributed by atoms with E-state index in [1.807, 2.05) is 18.2 Å². The van der Waals surface area contributed by atoms with Crippen LogP contribution in [0.4, 0.5) is 5.69 Å². The molecule has 0 aromatic heterocycles. The van der Waals surface area contributed by atoms with Gasteiger partial charge in [-0.2, -0.15) is 0 Å². The summed E-state index contributed by atoms with van der Waals surface area (Å²) in [6.07, 6.45) is 1.74. The average Bonchev–Trinajstić information content (AvgIpc) is 2.47. The predicted molar refractivity (Wildman–Crippen MR) is 80.8 cm³/mol. The number of amides is 2. The molecule has 0 saturated heterocycles. The van der Waals surface area contributed by atoms with Crippen LogP contribution in [-0.4, -0.2) is 32.0 Å². The molecule has 0 aliphatic carbocycles. The van der Waals surface area contributed by atoms with E-state index in [1.165, 1.54) is 0 Å². The Balaban J connectivity index is 2.63. The van der Waals surface area contributed by atoms with E-state index in [0.29, 0.717) is 0 Å². The van der Waals surface area contributed by atoms with Gasteiger partial charge in [-0.3, -0.25) is 14.9 Å². The summed E-state index contributed by atoms with van der Waals surface area (Å²) in [6.45, 7) is 4.39. The molecule has 20 heavy (non-hydrogen) atoms. The molecule has 1 rings (SSSR count). The molecule has 0 aliphatic rings. The summed E-state index contributed by atoms with van der Waals surface area (Å²) >= 11 is 0. The summed E-state index contributed by atoms with van der Waals surface area (Å²) in [6, 6.07) is 6.05. The molecule has 0 radical (unpaired) electrons. The van der Waals surface area contributed by atoms with Crippen LogP contribution in [0.25, 0.3) is 0 Å². The number of hydrogen-bond donors (Lipinski definition) is 3. The topological polar surface area (TPSA) is 70.2 Å². The molecule has 3 N–H and O–H groups in total. The largest absolute Gasteiger partial charge is 0.358 e. The number of aryl methyl sites for hydroxylation is 2. The van der Waals surface area contributed by atoms with Crippen molar-refractivity contribution in [2.24, 2.45) is 0 Å². The lowest BCUT2D eigenvalue weighted by atomic mass is 10.0. The highest BCUT2D eigenvalue weighted by Gasteiger charge is 2.10. The van der Waals surface area contributed by atoms with Crippen LogP contribution in [0.5, 0.6) is 0 Å². The summed E-state index contributed by atoms with van der Waals surface area (Å²) in [4.78, 5) is 23.0. The molecule has 5 heteroatoms. The zero-order chi connectivity index (χ0) is 15.0. The molecule has 0 atom stereocenters. The number of carbonyl (C=O) groups is 2. The number of anilines is 1. The Morgan fingerprint density at radius 2 is 1.55 bits per heavy atom. The second-order valence-corrected chi connectivity index (χ2v) is 4.48. The van der Waals surface area contributed by atoms with Crippen molar-refractivity contribution >= 4 is 17.5 Å². The highest BCUT2D eigenvalue weighted by atomic mass is 16.2. The number of benzene rings is 1. The van der Waals surface area contributed by atoms with E-state index in [2.05, 4.69) is 29.8 Å². The van der Waals surface area contributed by atoms with Gasteiger partial charge in [0.15, 0.2) is 0 Å². The Bertz CT molecular complexity index is 450. The van der Waals surface area contributed by atoms with Crippen LogP contribution in [-0.2, 0) is 22.4 Å². The lowest BCUT2D eigenvalue weighted by Crippen LogP contribution is -2.36. The molecule has 0 heterocycles. The van der Waals surface area contributed by atoms with Gasteiger partial charge in [0.1, 0.15) is 0 Å². The van der Waals surface area contributed by atoms with Crippen molar-refractivity contribution in [3.8, 4) is 0 Å². The fourth-order valence-electron chi connectivity index (χ4n) is 1.96. The van der Waals surface area contributed by atoms with Gasteiger partial charge in [-0.1, -0.05) is 32.0 Å². The maximum atomic E-state index is 11.9. The summed E-state index contributed by atoms with van der Waals surface area (Å²) in [5, 5.41) is 8.24. The van der Waals surface area contributed by atoms with Gasteiger partial charge in [0, 0.05) is 12.7 Å². The normalized spacial score (nSPS) is 10.2. The minimum Gasteiger partial charge on any atom is -0.358 e. The fourth-order valence-corrected chi connectivity index (χ4v) is 1.96. The molecule has 5 nitrogen and oxygen atoms in total. The number of carbonyl (C=O) groups excluding carboxylic acids is 2. The fraction of sp³-hybridized carbons (Fsp3) is 0.467. The van der Waals surface area contributed by atoms with E-state index in [4.69, 9.17) is 0 Å². The first-order chi connectivity index (χ1) is 9.62. The van der Waals surface area contributed by atoms with Gasteiger partial charge in [0.25, 0.3) is 0 Å².